The number of benzene rings is 6. The average Bonchev–Trinajstić information content (AvgIpc) is 3.17. The predicted molar refractivity (Wildman–Crippen MR) is 212 cm³/mol. The maximum Gasteiger partial charge on any atom is 0.259 e. The van der Waals surface area contributed by atoms with E-state index in [1.807, 2.05) is 109 Å². The summed E-state index contributed by atoms with van der Waals surface area (Å²) in [5.74, 6) is 1.99. The molecule has 0 fully saturated rings. The number of ether oxygens (including phenoxy) is 2. The predicted octanol–water partition coefficient (Wildman–Crippen LogP) is 10.9. The van der Waals surface area contributed by atoms with Gasteiger partial charge >= 0.3 is 0 Å². The zero-order valence-corrected chi connectivity index (χ0v) is 30.6. The summed E-state index contributed by atoms with van der Waals surface area (Å²) < 4.78 is 12.4. The van der Waals surface area contributed by atoms with Gasteiger partial charge in [0.1, 0.15) is 24.7 Å². The molecule has 2 aliphatic rings. The molecule has 2 bridgehead atoms. The Morgan fingerprint density at radius 3 is 1.33 bits per heavy atom. The molecule has 2 N–H and O–H groups in total. The van der Waals surface area contributed by atoms with Crippen LogP contribution in [-0.4, -0.2) is 11.8 Å². The van der Waals surface area contributed by atoms with Crippen LogP contribution in [0.1, 0.15) is 54.1 Å². The second-order valence-electron chi connectivity index (χ2n) is 12.6. The van der Waals surface area contributed by atoms with Crippen molar-refractivity contribution in [3.05, 3.63) is 178 Å². The molecule has 0 unspecified atom stereocenters. The van der Waals surface area contributed by atoms with Gasteiger partial charge in [0.05, 0.1) is 22.5 Å². The smallest absolute Gasteiger partial charge is 0.259 e. The van der Waals surface area contributed by atoms with Crippen molar-refractivity contribution >= 4 is 46.7 Å². The highest BCUT2D eigenvalue weighted by Crippen LogP contribution is 2.36. The quantitative estimate of drug-likeness (QED) is 0.163. The van der Waals surface area contributed by atoms with E-state index in [4.69, 9.17) is 9.47 Å². The third kappa shape index (κ3) is 8.36. The molecule has 2 amide bonds. The van der Waals surface area contributed by atoms with Crippen LogP contribution in [0.5, 0.6) is 11.5 Å². The second-order valence-corrected chi connectivity index (χ2v) is 14.6. The Balaban J connectivity index is 1.22. The summed E-state index contributed by atoms with van der Waals surface area (Å²) in [4.78, 5) is 29.3. The Morgan fingerprint density at radius 2 is 0.885 bits per heavy atom. The Morgan fingerprint density at radius 1 is 0.500 bits per heavy atom. The number of carbonyl (C=O) groups excluding carboxylic acids is 2. The Hall–Kier alpha value is -5.44. The highest BCUT2D eigenvalue weighted by Gasteiger charge is 2.18. The van der Waals surface area contributed by atoms with Crippen molar-refractivity contribution in [1.82, 2.24) is 0 Å². The second kappa shape index (κ2) is 16.3. The van der Waals surface area contributed by atoms with Gasteiger partial charge in [0.15, 0.2) is 0 Å². The van der Waals surface area contributed by atoms with Gasteiger partial charge in [0.25, 0.3) is 11.8 Å². The molecule has 6 aromatic rings. The summed E-state index contributed by atoms with van der Waals surface area (Å²) in [6.07, 6.45) is 0. The number of hydrogen-bond donors (Lipinski definition) is 2. The van der Waals surface area contributed by atoms with Crippen LogP contribution in [0.15, 0.2) is 143 Å². The normalized spacial score (nSPS) is 13.8. The van der Waals surface area contributed by atoms with E-state index in [1.54, 1.807) is 35.7 Å². The molecule has 6 nitrogen and oxygen atoms in total. The van der Waals surface area contributed by atoms with Gasteiger partial charge in [-0.3, -0.25) is 9.59 Å². The van der Waals surface area contributed by atoms with Gasteiger partial charge in [0.2, 0.25) is 0 Å². The topological polar surface area (TPSA) is 76.7 Å². The van der Waals surface area contributed by atoms with Crippen molar-refractivity contribution in [1.29, 1.82) is 0 Å². The van der Waals surface area contributed by atoms with E-state index < -0.39 is 0 Å². The zero-order valence-electron chi connectivity index (χ0n) is 29.0. The zero-order chi connectivity index (χ0) is 35.9. The molecule has 0 aliphatic carbocycles. The van der Waals surface area contributed by atoms with Crippen LogP contribution in [0, 0.1) is 13.8 Å². The van der Waals surface area contributed by atoms with Crippen molar-refractivity contribution in [3.8, 4) is 11.5 Å². The first-order valence-electron chi connectivity index (χ1n) is 17.1. The minimum Gasteiger partial charge on any atom is -0.488 e. The van der Waals surface area contributed by atoms with E-state index in [0.29, 0.717) is 35.8 Å². The fourth-order valence-electron chi connectivity index (χ4n) is 5.90. The molecule has 0 saturated carbocycles. The molecule has 2 heterocycles. The fraction of sp³-hybridized carbons (Fsp3) is 0.136. The number of para-hydroxylation sites is 4. The number of aryl methyl sites for hydroxylation is 2. The summed E-state index contributed by atoms with van der Waals surface area (Å²) in [6.45, 7) is 4.86. The maximum absolute atomic E-state index is 13.7. The Labute approximate surface area is 313 Å². The van der Waals surface area contributed by atoms with E-state index in [2.05, 4.69) is 36.6 Å². The summed E-state index contributed by atoms with van der Waals surface area (Å²) in [5.41, 5.74) is 9.22. The summed E-state index contributed by atoms with van der Waals surface area (Å²) >= 11 is 3.39. The van der Waals surface area contributed by atoms with Crippen LogP contribution >= 0.6 is 23.5 Å². The molecule has 260 valence electrons. The van der Waals surface area contributed by atoms with Gasteiger partial charge < -0.3 is 20.1 Å². The summed E-state index contributed by atoms with van der Waals surface area (Å²) in [5, 5.41) is 6.29. The molecule has 6 aromatic carbocycles. The van der Waals surface area contributed by atoms with Crippen molar-refractivity contribution in [2.24, 2.45) is 0 Å². The number of rotatable bonds is 0. The Bertz CT molecular complexity index is 2080. The third-order valence-electron chi connectivity index (χ3n) is 8.93. The lowest BCUT2D eigenvalue weighted by Gasteiger charge is -2.17. The molecule has 0 saturated heterocycles. The largest absolute Gasteiger partial charge is 0.488 e. The van der Waals surface area contributed by atoms with Gasteiger partial charge in [-0.1, -0.05) is 84.9 Å². The molecular formula is C44H38N2O4S2. The van der Waals surface area contributed by atoms with Gasteiger partial charge in [-0.2, -0.15) is 0 Å². The van der Waals surface area contributed by atoms with Crippen LogP contribution in [-0.2, 0) is 24.7 Å². The number of carbonyl (C=O) groups is 2. The highest BCUT2D eigenvalue weighted by molar-refractivity contribution is 7.99. The molecular weight excluding hydrogens is 685 g/mol. The van der Waals surface area contributed by atoms with Gasteiger partial charge in [-0.05, 0) is 95.8 Å². The number of anilines is 2. The van der Waals surface area contributed by atoms with Crippen LogP contribution in [0.4, 0.5) is 11.4 Å². The van der Waals surface area contributed by atoms with Crippen LogP contribution in [0.25, 0.3) is 0 Å². The van der Waals surface area contributed by atoms with E-state index in [0.717, 1.165) is 43.8 Å². The minimum absolute atomic E-state index is 0.230. The average molecular weight is 723 g/mol. The first-order chi connectivity index (χ1) is 25.4. The van der Waals surface area contributed by atoms with Crippen LogP contribution in [0.2, 0.25) is 0 Å². The van der Waals surface area contributed by atoms with Gasteiger partial charge in [-0.25, -0.2) is 0 Å². The molecule has 0 atom stereocenters. The first-order valence-corrected chi connectivity index (χ1v) is 19.1. The number of nitrogens with one attached hydrogen (secondary N) is 2. The summed E-state index contributed by atoms with van der Waals surface area (Å²) in [6, 6.07) is 42.9. The molecule has 8 heteroatoms. The van der Waals surface area contributed by atoms with E-state index >= 15 is 0 Å². The number of hydrogen-bond acceptors (Lipinski definition) is 6. The van der Waals surface area contributed by atoms with Crippen molar-refractivity contribution < 1.29 is 19.1 Å². The van der Waals surface area contributed by atoms with Crippen molar-refractivity contribution in [3.63, 3.8) is 0 Å². The van der Waals surface area contributed by atoms with Crippen molar-refractivity contribution in [2.75, 3.05) is 10.6 Å². The fourth-order valence-corrected chi connectivity index (χ4v) is 7.96. The number of thioether (sulfide) groups is 2. The Kier molecular flexibility index (Phi) is 10.9. The molecule has 0 radical (unpaired) electrons. The van der Waals surface area contributed by atoms with E-state index in [9.17, 15) is 9.59 Å². The highest BCUT2D eigenvalue weighted by atomic mass is 32.2. The number of fused-ring (bicyclic) bond motifs is 8. The minimum atomic E-state index is -0.230. The standard InChI is InChI=1S/C44H38N2O4S2/c1-29-23-33-27-51-41-17-9-5-13-37(41)45-43(47)35-11-3-7-15-39(35)49-25-31-19-21-32(22-20-31)26-50-40-16-8-4-12-36(40)44(48)46-38-14-6-10-18-42(38)52-28-34(33)24-30(29)2/h3-24H,25-28H2,1-2H3,(H,45,47)(H,46,48). The molecule has 0 spiro atoms. The molecule has 2 aliphatic heterocycles. The monoisotopic (exact) mass is 722 g/mol. The lowest BCUT2D eigenvalue weighted by atomic mass is 10.0. The van der Waals surface area contributed by atoms with Crippen LogP contribution in [0.3, 0.4) is 0 Å². The van der Waals surface area contributed by atoms with Gasteiger partial charge in [0, 0.05) is 21.3 Å². The third-order valence-corrected chi connectivity index (χ3v) is 11.2. The number of amides is 2. The first kappa shape index (κ1) is 35.0. The van der Waals surface area contributed by atoms with E-state index in [-0.39, 0.29) is 11.8 Å². The van der Waals surface area contributed by atoms with Crippen molar-refractivity contribution in [2.45, 2.75) is 48.4 Å². The van der Waals surface area contributed by atoms with E-state index in [1.165, 1.54) is 22.3 Å². The maximum atomic E-state index is 13.7. The molecule has 52 heavy (non-hydrogen) atoms. The van der Waals surface area contributed by atoms with Gasteiger partial charge in [-0.15, -0.1) is 23.5 Å². The van der Waals surface area contributed by atoms with Crippen LogP contribution < -0.4 is 20.1 Å². The summed E-state index contributed by atoms with van der Waals surface area (Å²) in [7, 11) is 0. The SMILES string of the molecule is Cc1cc2c(cc1C)CSc1ccccc1NC(=O)c1ccccc1OCc1ccc(cc1)COc1ccccc1C(=O)Nc1ccccc1SC2. The lowest BCUT2D eigenvalue weighted by Crippen LogP contribution is -2.14. The molecule has 8 rings (SSSR count). The lowest BCUT2D eigenvalue weighted by molar-refractivity contribution is 0.101. The molecule has 0 aromatic heterocycles.